The van der Waals surface area contributed by atoms with E-state index < -0.39 is 0 Å². The fourth-order valence-corrected chi connectivity index (χ4v) is 1.64. The van der Waals surface area contributed by atoms with Crippen molar-refractivity contribution in [3.05, 3.63) is 24.5 Å². The molecule has 0 amide bonds. The Morgan fingerprint density at radius 2 is 2.18 bits per heavy atom. The average molecular weight is 233 g/mol. The molecular weight excluding hydrogens is 214 g/mol. The molecule has 0 spiro atoms. The van der Waals surface area contributed by atoms with Crippen molar-refractivity contribution in [3.8, 4) is 0 Å². The normalized spacial score (nSPS) is 12.0. The van der Waals surface area contributed by atoms with E-state index in [1.54, 1.807) is 0 Å². The number of aromatic nitrogens is 2. The Hall–Kier alpha value is -1.55. The van der Waals surface area contributed by atoms with Gasteiger partial charge in [-0.3, -0.25) is 0 Å². The number of aliphatic hydroxyl groups is 1. The molecular formula is C13H19N3O. The number of fused-ring (bicyclic) bond motifs is 1. The number of hydrogen-bond acceptors (Lipinski definition) is 3. The maximum atomic E-state index is 9.19. The maximum Gasteiger partial charge on any atom is 0.0955 e. The van der Waals surface area contributed by atoms with Gasteiger partial charge in [0.05, 0.1) is 17.4 Å². The van der Waals surface area contributed by atoms with E-state index in [2.05, 4.69) is 16.4 Å². The van der Waals surface area contributed by atoms with E-state index >= 15 is 0 Å². The Morgan fingerprint density at radius 1 is 1.41 bits per heavy atom. The zero-order valence-electron chi connectivity index (χ0n) is 10.6. The van der Waals surface area contributed by atoms with Crippen molar-refractivity contribution in [2.45, 2.75) is 13.8 Å². The van der Waals surface area contributed by atoms with Gasteiger partial charge < -0.3 is 15.0 Å². The summed E-state index contributed by atoms with van der Waals surface area (Å²) >= 11 is 0. The van der Waals surface area contributed by atoms with Gasteiger partial charge in [-0.25, -0.2) is 4.98 Å². The zero-order valence-corrected chi connectivity index (χ0v) is 10.6. The molecule has 0 aliphatic carbocycles. The summed E-state index contributed by atoms with van der Waals surface area (Å²) in [5.74, 6) is 0. The van der Waals surface area contributed by atoms with Crippen molar-refractivity contribution in [1.29, 1.82) is 0 Å². The molecule has 0 saturated carbocycles. The number of benzene rings is 1. The topological polar surface area (TPSA) is 50.1 Å². The number of anilines is 1. The minimum absolute atomic E-state index is 0.112. The van der Waals surface area contributed by atoms with Crippen LogP contribution in [0.1, 0.15) is 13.8 Å². The summed E-state index contributed by atoms with van der Waals surface area (Å²) in [5, 5.41) is 12.5. The van der Waals surface area contributed by atoms with E-state index in [0.717, 1.165) is 23.3 Å². The summed E-state index contributed by atoms with van der Waals surface area (Å²) in [7, 11) is 1.98. The Balaban J connectivity index is 2.15. The highest BCUT2D eigenvalue weighted by Gasteiger charge is 2.15. The Morgan fingerprint density at radius 3 is 2.88 bits per heavy atom. The van der Waals surface area contributed by atoms with Crippen LogP contribution in [-0.4, -0.2) is 27.8 Å². The number of aryl methyl sites for hydroxylation is 1. The van der Waals surface area contributed by atoms with E-state index in [0.29, 0.717) is 0 Å². The van der Waals surface area contributed by atoms with Crippen molar-refractivity contribution < 1.29 is 5.11 Å². The Bertz CT molecular complexity index is 516. The first-order valence-electron chi connectivity index (χ1n) is 5.78. The molecule has 2 N–H and O–H groups in total. The number of imidazole rings is 1. The van der Waals surface area contributed by atoms with Crippen LogP contribution in [0.2, 0.25) is 0 Å². The molecule has 2 aromatic rings. The molecule has 4 heteroatoms. The van der Waals surface area contributed by atoms with Gasteiger partial charge in [-0.1, -0.05) is 13.8 Å². The van der Waals surface area contributed by atoms with Crippen LogP contribution in [0.4, 0.5) is 5.69 Å². The second kappa shape index (κ2) is 4.37. The van der Waals surface area contributed by atoms with Crippen LogP contribution in [0.5, 0.6) is 0 Å². The molecule has 0 bridgehead atoms. The summed E-state index contributed by atoms with van der Waals surface area (Å²) in [5.41, 5.74) is 3.04. The third-order valence-corrected chi connectivity index (χ3v) is 2.92. The molecule has 1 aromatic carbocycles. The van der Waals surface area contributed by atoms with Crippen LogP contribution in [0.3, 0.4) is 0 Å². The standard InChI is InChI=1S/C13H19N3O/c1-13(2,8-17)7-14-10-4-5-12-11(6-10)15-9-16(12)3/h4-6,9,14,17H,7-8H2,1-3H3. The summed E-state index contributed by atoms with van der Waals surface area (Å²) in [6.07, 6.45) is 1.81. The molecule has 0 saturated heterocycles. The molecule has 4 nitrogen and oxygen atoms in total. The molecule has 0 aliphatic heterocycles. The first kappa shape index (κ1) is 11.9. The third-order valence-electron chi connectivity index (χ3n) is 2.92. The number of rotatable bonds is 4. The van der Waals surface area contributed by atoms with Gasteiger partial charge in [0.1, 0.15) is 0 Å². The fraction of sp³-hybridized carbons (Fsp3) is 0.462. The Kier molecular flexibility index (Phi) is 3.07. The molecule has 0 atom stereocenters. The molecule has 0 radical (unpaired) electrons. The van der Waals surface area contributed by atoms with Gasteiger partial charge in [0, 0.05) is 31.3 Å². The predicted molar refractivity (Wildman–Crippen MR) is 70.1 cm³/mol. The highest BCUT2D eigenvalue weighted by Crippen LogP contribution is 2.20. The van der Waals surface area contributed by atoms with E-state index in [1.165, 1.54) is 0 Å². The van der Waals surface area contributed by atoms with Crippen LogP contribution < -0.4 is 5.32 Å². The van der Waals surface area contributed by atoms with E-state index in [9.17, 15) is 5.11 Å². The largest absolute Gasteiger partial charge is 0.396 e. The Labute approximate surface area is 101 Å². The minimum atomic E-state index is -0.112. The van der Waals surface area contributed by atoms with Gasteiger partial charge in [-0.2, -0.15) is 0 Å². The quantitative estimate of drug-likeness (QED) is 0.849. The SMILES string of the molecule is Cn1cnc2cc(NCC(C)(C)CO)ccc21. The molecule has 2 rings (SSSR count). The number of nitrogens with one attached hydrogen (secondary N) is 1. The summed E-state index contributed by atoms with van der Waals surface area (Å²) < 4.78 is 2.00. The molecule has 0 unspecified atom stereocenters. The average Bonchev–Trinajstić information content (AvgIpc) is 2.68. The first-order valence-corrected chi connectivity index (χ1v) is 5.78. The van der Waals surface area contributed by atoms with Crippen LogP contribution >= 0.6 is 0 Å². The van der Waals surface area contributed by atoms with Crippen molar-refractivity contribution in [3.63, 3.8) is 0 Å². The van der Waals surface area contributed by atoms with Crippen molar-refractivity contribution >= 4 is 16.7 Å². The van der Waals surface area contributed by atoms with Gasteiger partial charge in [0.15, 0.2) is 0 Å². The summed E-state index contributed by atoms with van der Waals surface area (Å²) in [4.78, 5) is 4.32. The minimum Gasteiger partial charge on any atom is -0.396 e. The van der Waals surface area contributed by atoms with Gasteiger partial charge >= 0.3 is 0 Å². The van der Waals surface area contributed by atoms with Crippen molar-refractivity contribution in [2.24, 2.45) is 12.5 Å². The molecule has 17 heavy (non-hydrogen) atoms. The van der Waals surface area contributed by atoms with Gasteiger partial charge in [-0.15, -0.1) is 0 Å². The van der Waals surface area contributed by atoms with Crippen molar-refractivity contribution in [1.82, 2.24) is 9.55 Å². The summed E-state index contributed by atoms with van der Waals surface area (Å²) in [6.45, 7) is 4.96. The van der Waals surface area contributed by atoms with Crippen LogP contribution in [-0.2, 0) is 7.05 Å². The smallest absolute Gasteiger partial charge is 0.0955 e. The molecule has 0 fully saturated rings. The second-order valence-corrected chi connectivity index (χ2v) is 5.23. The number of aliphatic hydroxyl groups excluding tert-OH is 1. The lowest BCUT2D eigenvalue weighted by molar-refractivity contribution is 0.171. The fourth-order valence-electron chi connectivity index (χ4n) is 1.64. The molecule has 92 valence electrons. The van der Waals surface area contributed by atoms with E-state index in [-0.39, 0.29) is 12.0 Å². The zero-order chi connectivity index (χ0) is 12.5. The van der Waals surface area contributed by atoms with Crippen LogP contribution in [0.25, 0.3) is 11.0 Å². The highest BCUT2D eigenvalue weighted by atomic mass is 16.3. The third kappa shape index (κ3) is 2.58. The molecule has 1 heterocycles. The lowest BCUT2D eigenvalue weighted by Gasteiger charge is -2.22. The van der Waals surface area contributed by atoms with Crippen LogP contribution in [0, 0.1) is 5.41 Å². The lowest BCUT2D eigenvalue weighted by Crippen LogP contribution is -2.26. The second-order valence-electron chi connectivity index (χ2n) is 5.23. The van der Waals surface area contributed by atoms with E-state index in [1.807, 2.05) is 43.9 Å². The number of nitrogens with zero attached hydrogens (tertiary/aromatic N) is 2. The van der Waals surface area contributed by atoms with Crippen molar-refractivity contribution in [2.75, 3.05) is 18.5 Å². The van der Waals surface area contributed by atoms with Crippen LogP contribution in [0.15, 0.2) is 24.5 Å². The van der Waals surface area contributed by atoms with Gasteiger partial charge in [0.2, 0.25) is 0 Å². The van der Waals surface area contributed by atoms with E-state index in [4.69, 9.17) is 0 Å². The van der Waals surface area contributed by atoms with Gasteiger partial charge in [-0.05, 0) is 18.2 Å². The van der Waals surface area contributed by atoms with Gasteiger partial charge in [0.25, 0.3) is 0 Å². The lowest BCUT2D eigenvalue weighted by atomic mass is 9.95. The first-order chi connectivity index (χ1) is 8.02. The maximum absolute atomic E-state index is 9.19. The summed E-state index contributed by atoms with van der Waals surface area (Å²) in [6, 6.07) is 6.12. The number of hydrogen-bond donors (Lipinski definition) is 2. The highest BCUT2D eigenvalue weighted by molar-refractivity contribution is 5.79. The predicted octanol–water partition coefficient (Wildman–Crippen LogP) is 2.00. The monoisotopic (exact) mass is 233 g/mol. The molecule has 1 aromatic heterocycles. The molecule has 0 aliphatic rings.